The molecule has 4 nitrogen and oxygen atoms in total. The highest BCUT2D eigenvalue weighted by Gasteiger charge is 2.51. The molecule has 0 amide bonds. The van der Waals surface area contributed by atoms with Gasteiger partial charge in [0.25, 0.3) is 0 Å². The Morgan fingerprint density at radius 1 is 0.750 bits per heavy atom. The summed E-state index contributed by atoms with van der Waals surface area (Å²) in [5.74, 6) is 0. The molecule has 1 unspecified atom stereocenters. The van der Waals surface area contributed by atoms with Crippen molar-refractivity contribution in [1.29, 1.82) is 0 Å². The van der Waals surface area contributed by atoms with E-state index in [0.29, 0.717) is 6.42 Å². The first-order valence-electron chi connectivity index (χ1n) is 14.1. The van der Waals surface area contributed by atoms with Gasteiger partial charge in [0.1, 0.15) is 0 Å². The standard InChI is InChI=1S/C35H36BNO3/c1-34(2)35(3,4)40-36(39-34)28-17-22-30(23-18-28)37(29-19-14-26(15-20-29)25-10-6-5-7-11-25)31-21-16-27(24-31)32-12-8-9-13-33(32)38/h5-12,14-23,33,38H,13,24H2,1-4H3. The van der Waals surface area contributed by atoms with Crippen LogP contribution in [0.25, 0.3) is 11.1 Å². The minimum Gasteiger partial charge on any atom is -0.399 e. The largest absolute Gasteiger partial charge is 0.494 e. The highest BCUT2D eigenvalue weighted by Crippen LogP contribution is 2.40. The van der Waals surface area contributed by atoms with E-state index in [0.717, 1.165) is 40.1 Å². The molecule has 5 heteroatoms. The van der Waals surface area contributed by atoms with Crippen molar-refractivity contribution in [3.8, 4) is 11.1 Å². The van der Waals surface area contributed by atoms with Crippen LogP contribution in [0.5, 0.6) is 0 Å². The Morgan fingerprint density at radius 3 is 1.98 bits per heavy atom. The zero-order valence-electron chi connectivity index (χ0n) is 23.7. The molecule has 2 aliphatic carbocycles. The van der Waals surface area contributed by atoms with Crippen LogP contribution in [0, 0.1) is 0 Å². The average molecular weight is 529 g/mol. The molecule has 1 heterocycles. The van der Waals surface area contributed by atoms with E-state index in [1.54, 1.807) is 0 Å². The summed E-state index contributed by atoms with van der Waals surface area (Å²) in [5.41, 5.74) is 8.09. The van der Waals surface area contributed by atoms with Crippen molar-refractivity contribution < 1.29 is 14.4 Å². The van der Waals surface area contributed by atoms with Gasteiger partial charge < -0.3 is 19.3 Å². The number of benzene rings is 3. The Labute approximate surface area is 238 Å². The smallest absolute Gasteiger partial charge is 0.399 e. The minimum atomic E-state index is -0.457. The maximum Gasteiger partial charge on any atom is 0.494 e. The van der Waals surface area contributed by atoms with Crippen molar-refractivity contribution in [3.63, 3.8) is 0 Å². The minimum absolute atomic E-state index is 0.382. The van der Waals surface area contributed by atoms with E-state index < -0.39 is 13.2 Å². The quantitative estimate of drug-likeness (QED) is 0.342. The first-order chi connectivity index (χ1) is 19.2. The zero-order valence-corrected chi connectivity index (χ0v) is 23.7. The molecule has 40 heavy (non-hydrogen) atoms. The number of allylic oxidation sites excluding steroid dienone is 5. The van der Waals surface area contributed by atoms with Crippen LogP contribution >= 0.6 is 0 Å². The third-order valence-electron chi connectivity index (χ3n) is 8.55. The van der Waals surface area contributed by atoms with Gasteiger partial charge in [-0.2, -0.15) is 0 Å². The third kappa shape index (κ3) is 5.01. The van der Waals surface area contributed by atoms with Crippen LogP contribution in [0.15, 0.2) is 126 Å². The fraction of sp³-hybridized carbons (Fsp3) is 0.257. The highest BCUT2D eigenvalue weighted by atomic mass is 16.7. The molecule has 3 aromatic rings. The molecule has 0 radical (unpaired) electrons. The molecule has 0 aromatic heterocycles. The van der Waals surface area contributed by atoms with Crippen molar-refractivity contribution in [1.82, 2.24) is 0 Å². The van der Waals surface area contributed by atoms with Gasteiger partial charge >= 0.3 is 7.12 Å². The molecule has 0 bridgehead atoms. The molecule has 6 rings (SSSR count). The molecule has 1 aliphatic heterocycles. The molecule has 3 aliphatic rings. The Hall–Kier alpha value is -3.64. The lowest BCUT2D eigenvalue weighted by Crippen LogP contribution is -2.41. The number of rotatable bonds is 6. The van der Waals surface area contributed by atoms with Crippen LogP contribution in [-0.2, 0) is 9.31 Å². The Kier molecular flexibility index (Phi) is 6.91. The summed E-state index contributed by atoms with van der Waals surface area (Å²) < 4.78 is 12.6. The number of aliphatic hydroxyl groups excluding tert-OH is 1. The van der Waals surface area contributed by atoms with Crippen molar-refractivity contribution in [2.75, 3.05) is 4.90 Å². The normalized spacial score (nSPS) is 21.2. The molecule has 0 saturated carbocycles. The lowest BCUT2D eigenvalue weighted by atomic mass is 9.79. The van der Waals surface area contributed by atoms with E-state index >= 15 is 0 Å². The molecular formula is C35H36BNO3. The Balaban J connectivity index is 1.31. The van der Waals surface area contributed by atoms with Crippen molar-refractivity contribution >= 4 is 24.0 Å². The number of hydrogen-bond acceptors (Lipinski definition) is 4. The lowest BCUT2D eigenvalue weighted by molar-refractivity contribution is 0.00578. The van der Waals surface area contributed by atoms with Crippen LogP contribution in [0.4, 0.5) is 11.4 Å². The number of anilines is 2. The van der Waals surface area contributed by atoms with Crippen molar-refractivity contribution in [2.45, 2.75) is 57.8 Å². The lowest BCUT2D eigenvalue weighted by Gasteiger charge is -2.32. The second-order valence-electron chi connectivity index (χ2n) is 11.8. The predicted molar refractivity (Wildman–Crippen MR) is 165 cm³/mol. The van der Waals surface area contributed by atoms with Crippen molar-refractivity contribution in [3.05, 3.63) is 126 Å². The van der Waals surface area contributed by atoms with Gasteiger partial charge in [-0.15, -0.1) is 0 Å². The van der Waals surface area contributed by atoms with Gasteiger partial charge in [-0.1, -0.05) is 78.9 Å². The first-order valence-corrected chi connectivity index (χ1v) is 14.1. The van der Waals surface area contributed by atoms with E-state index in [2.05, 4.69) is 118 Å². The van der Waals surface area contributed by atoms with E-state index in [9.17, 15) is 5.11 Å². The second kappa shape index (κ2) is 10.4. The molecule has 1 saturated heterocycles. The average Bonchev–Trinajstić information content (AvgIpc) is 3.51. The van der Waals surface area contributed by atoms with Gasteiger partial charge in [-0.05, 0) is 92.2 Å². The van der Waals surface area contributed by atoms with Gasteiger partial charge in [0.05, 0.1) is 17.3 Å². The molecule has 0 spiro atoms. The Morgan fingerprint density at radius 2 is 1.35 bits per heavy atom. The highest BCUT2D eigenvalue weighted by molar-refractivity contribution is 6.62. The summed E-state index contributed by atoms with van der Waals surface area (Å²) in [6.45, 7) is 8.31. The molecule has 1 fully saturated rings. The second-order valence-corrected chi connectivity index (χ2v) is 11.8. The SMILES string of the molecule is CC1(C)OB(c2ccc(N(C3=CC=C(C4=CC=CCC4O)C3)c3ccc(-c4ccccc4)cc3)cc2)OC1(C)C. The summed E-state index contributed by atoms with van der Waals surface area (Å²) in [6, 6.07) is 27.6. The first kappa shape index (κ1) is 26.6. The summed E-state index contributed by atoms with van der Waals surface area (Å²) in [4.78, 5) is 2.30. The summed E-state index contributed by atoms with van der Waals surface area (Å²) in [7, 11) is -0.399. The van der Waals surface area contributed by atoms with Gasteiger partial charge in [0, 0.05) is 23.5 Å². The Bertz CT molecular complexity index is 1480. The van der Waals surface area contributed by atoms with Gasteiger partial charge in [-0.3, -0.25) is 0 Å². The molecule has 3 aromatic carbocycles. The molecule has 1 N–H and O–H groups in total. The molecule has 1 atom stereocenters. The summed E-state index contributed by atoms with van der Waals surface area (Å²) in [5, 5.41) is 10.6. The fourth-order valence-corrected chi connectivity index (χ4v) is 5.47. The van der Waals surface area contributed by atoms with Gasteiger partial charge in [0.15, 0.2) is 0 Å². The zero-order chi connectivity index (χ0) is 27.9. The number of nitrogens with zero attached hydrogens (tertiary/aromatic N) is 1. The van der Waals surface area contributed by atoms with Crippen LogP contribution in [0.1, 0.15) is 40.5 Å². The maximum absolute atomic E-state index is 10.6. The monoisotopic (exact) mass is 529 g/mol. The van der Waals surface area contributed by atoms with Crippen LogP contribution in [0.2, 0.25) is 0 Å². The third-order valence-corrected chi connectivity index (χ3v) is 8.55. The van der Waals surface area contributed by atoms with Gasteiger partial charge in [0.2, 0.25) is 0 Å². The van der Waals surface area contributed by atoms with Gasteiger partial charge in [-0.25, -0.2) is 0 Å². The number of hydrogen-bond donors (Lipinski definition) is 1. The maximum atomic E-state index is 10.6. The number of aliphatic hydroxyl groups is 1. The summed E-state index contributed by atoms with van der Waals surface area (Å²) >= 11 is 0. The fourth-order valence-electron chi connectivity index (χ4n) is 5.47. The topological polar surface area (TPSA) is 41.9 Å². The molecular weight excluding hydrogens is 493 g/mol. The van der Waals surface area contributed by atoms with Crippen LogP contribution in [0.3, 0.4) is 0 Å². The van der Waals surface area contributed by atoms with Crippen LogP contribution in [-0.4, -0.2) is 29.5 Å². The predicted octanol–water partition coefficient (Wildman–Crippen LogP) is 7.25. The molecule has 202 valence electrons. The van der Waals surface area contributed by atoms with E-state index in [1.165, 1.54) is 11.1 Å². The van der Waals surface area contributed by atoms with E-state index in [4.69, 9.17) is 9.31 Å². The summed E-state index contributed by atoms with van der Waals surface area (Å²) in [6.07, 6.45) is 11.4. The van der Waals surface area contributed by atoms with Crippen molar-refractivity contribution in [2.24, 2.45) is 0 Å². The van der Waals surface area contributed by atoms with Crippen LogP contribution < -0.4 is 10.4 Å². The van der Waals surface area contributed by atoms with E-state index in [-0.39, 0.29) is 11.2 Å². The van der Waals surface area contributed by atoms with E-state index in [1.807, 2.05) is 24.3 Å².